The molecule has 20 heavy (non-hydrogen) atoms. The van der Waals surface area contributed by atoms with Gasteiger partial charge in [0.15, 0.2) is 5.13 Å². The average molecular weight is 312 g/mol. The van der Waals surface area contributed by atoms with Crippen LogP contribution in [0.15, 0.2) is 22.4 Å². The van der Waals surface area contributed by atoms with Gasteiger partial charge in [-0.25, -0.2) is 14.2 Å². The first kappa shape index (κ1) is 14.8. The normalized spacial score (nSPS) is 10.6. The minimum Gasteiger partial charge on any atom is -0.465 e. The van der Waals surface area contributed by atoms with E-state index in [9.17, 15) is 9.18 Å². The fraction of sp³-hybridized carbons (Fsp3) is 0.231. The number of benzene rings is 1. The van der Waals surface area contributed by atoms with Gasteiger partial charge in [-0.3, -0.25) is 0 Å². The minimum atomic E-state index is -0.673. The lowest BCUT2D eigenvalue weighted by molar-refractivity contribution is 0.0595. The molecule has 0 aliphatic rings. The van der Waals surface area contributed by atoms with E-state index >= 15 is 0 Å². The fourth-order valence-electron chi connectivity index (χ4n) is 1.61. The molecular weight excluding hydrogens is 299 g/mol. The van der Waals surface area contributed by atoms with Gasteiger partial charge in [0.25, 0.3) is 0 Å². The maximum Gasteiger partial charge on any atom is 0.340 e. The lowest BCUT2D eigenvalue weighted by Crippen LogP contribution is -2.04. The molecule has 0 unspecified atom stereocenters. The number of hydrogen-bond acceptors (Lipinski definition) is 6. The molecule has 0 amide bonds. The number of aromatic nitrogens is 1. The quantitative estimate of drug-likeness (QED) is 0.693. The van der Waals surface area contributed by atoms with E-state index in [4.69, 9.17) is 5.73 Å². The highest BCUT2D eigenvalue weighted by Gasteiger charge is 2.13. The van der Waals surface area contributed by atoms with Gasteiger partial charge in [-0.1, -0.05) is 17.4 Å². The molecule has 0 atom stereocenters. The van der Waals surface area contributed by atoms with E-state index in [1.165, 1.54) is 30.6 Å². The second-order valence-electron chi connectivity index (χ2n) is 4.02. The van der Waals surface area contributed by atoms with Crippen LogP contribution in [0, 0.1) is 12.7 Å². The summed E-state index contributed by atoms with van der Waals surface area (Å²) in [7, 11) is 1.22. The molecule has 0 saturated carbocycles. The Balaban J connectivity index is 2.09. The lowest BCUT2D eigenvalue weighted by atomic mass is 10.1. The molecule has 2 aromatic rings. The van der Waals surface area contributed by atoms with Crippen molar-refractivity contribution in [2.24, 2.45) is 0 Å². The van der Waals surface area contributed by atoms with Crippen LogP contribution in [-0.2, 0) is 10.5 Å². The molecule has 0 bridgehead atoms. The summed E-state index contributed by atoms with van der Waals surface area (Å²) >= 11 is 2.95. The molecule has 0 aliphatic heterocycles. The molecule has 1 aromatic carbocycles. The fourth-order valence-corrected chi connectivity index (χ4v) is 3.58. The number of carbonyl (C=O) groups excluding carboxylic acids is 1. The highest BCUT2D eigenvalue weighted by Crippen LogP contribution is 2.32. The van der Waals surface area contributed by atoms with Crippen LogP contribution in [0.3, 0.4) is 0 Å². The number of nitrogens with two attached hydrogens (primary N) is 1. The number of thioether (sulfide) groups is 1. The molecule has 106 valence electrons. The number of halogens is 1. The van der Waals surface area contributed by atoms with Crippen molar-refractivity contribution in [2.45, 2.75) is 16.9 Å². The SMILES string of the molecule is COC(=O)c1ccc(CSc2sc(N)nc2C)cc1F. The number of nitrogens with zero attached hydrogens (tertiary/aromatic N) is 1. The van der Waals surface area contributed by atoms with Crippen LogP contribution < -0.4 is 5.73 Å². The molecule has 0 aliphatic carbocycles. The molecule has 0 saturated heterocycles. The van der Waals surface area contributed by atoms with Crippen molar-refractivity contribution in [1.29, 1.82) is 0 Å². The number of ether oxygens (including phenoxy) is 1. The zero-order valence-corrected chi connectivity index (χ0v) is 12.6. The van der Waals surface area contributed by atoms with Crippen molar-refractivity contribution in [1.82, 2.24) is 4.98 Å². The smallest absolute Gasteiger partial charge is 0.340 e. The zero-order chi connectivity index (χ0) is 14.7. The van der Waals surface area contributed by atoms with E-state index in [0.717, 1.165) is 15.5 Å². The standard InChI is InChI=1S/C13H13FN2O2S2/c1-7-12(20-13(15)16-7)19-6-8-3-4-9(10(14)5-8)11(17)18-2/h3-5H,6H2,1-2H3,(H2,15,16). The van der Waals surface area contributed by atoms with Crippen LogP contribution in [0.2, 0.25) is 0 Å². The van der Waals surface area contributed by atoms with E-state index in [1.807, 2.05) is 6.92 Å². The van der Waals surface area contributed by atoms with Crippen molar-refractivity contribution < 1.29 is 13.9 Å². The molecule has 2 N–H and O–H groups in total. The number of rotatable bonds is 4. The number of nitrogen functional groups attached to an aromatic ring is 1. The van der Waals surface area contributed by atoms with Crippen LogP contribution in [-0.4, -0.2) is 18.1 Å². The van der Waals surface area contributed by atoms with Gasteiger partial charge in [-0.15, -0.1) is 11.8 Å². The topological polar surface area (TPSA) is 65.2 Å². The summed E-state index contributed by atoms with van der Waals surface area (Å²) < 4.78 is 19.3. The van der Waals surface area contributed by atoms with E-state index in [1.54, 1.807) is 17.8 Å². The Morgan fingerprint density at radius 2 is 2.30 bits per heavy atom. The molecule has 0 fully saturated rings. The molecule has 4 nitrogen and oxygen atoms in total. The summed E-state index contributed by atoms with van der Waals surface area (Å²) in [5, 5.41) is 0.525. The summed E-state index contributed by atoms with van der Waals surface area (Å²) in [6, 6.07) is 4.49. The summed E-state index contributed by atoms with van der Waals surface area (Å²) in [4.78, 5) is 15.4. The third-order valence-electron chi connectivity index (χ3n) is 2.58. The molecule has 1 aromatic heterocycles. The summed E-state index contributed by atoms with van der Waals surface area (Å²) in [6.07, 6.45) is 0. The Kier molecular flexibility index (Phi) is 4.61. The molecule has 1 heterocycles. The maximum atomic E-state index is 13.8. The molecular formula is C13H13FN2O2S2. The third-order valence-corrected chi connectivity index (χ3v) is 5.00. The Hall–Kier alpha value is -1.60. The van der Waals surface area contributed by atoms with Gasteiger partial charge >= 0.3 is 5.97 Å². The van der Waals surface area contributed by atoms with Crippen molar-refractivity contribution in [3.8, 4) is 0 Å². The number of aryl methyl sites for hydroxylation is 1. The van der Waals surface area contributed by atoms with Gasteiger partial charge < -0.3 is 10.5 Å². The molecule has 7 heteroatoms. The van der Waals surface area contributed by atoms with Crippen LogP contribution in [0.1, 0.15) is 21.6 Å². The largest absolute Gasteiger partial charge is 0.465 e. The van der Waals surface area contributed by atoms with Gasteiger partial charge in [0.1, 0.15) is 5.82 Å². The van der Waals surface area contributed by atoms with E-state index < -0.39 is 11.8 Å². The first-order valence-corrected chi connectivity index (χ1v) is 7.54. The monoisotopic (exact) mass is 312 g/mol. The number of hydrogen-bond donors (Lipinski definition) is 1. The molecule has 0 spiro atoms. The van der Waals surface area contributed by atoms with Gasteiger partial charge in [0.05, 0.1) is 22.6 Å². The van der Waals surface area contributed by atoms with Crippen LogP contribution in [0.5, 0.6) is 0 Å². The second-order valence-corrected chi connectivity index (χ2v) is 6.29. The highest BCUT2D eigenvalue weighted by molar-refractivity contribution is 8.00. The summed E-state index contributed by atoms with van der Waals surface area (Å²) in [5.41, 5.74) is 7.23. The number of methoxy groups -OCH3 is 1. The van der Waals surface area contributed by atoms with Crippen LogP contribution in [0.25, 0.3) is 0 Å². The van der Waals surface area contributed by atoms with E-state index in [2.05, 4.69) is 9.72 Å². The van der Waals surface area contributed by atoms with Crippen LogP contribution in [0.4, 0.5) is 9.52 Å². The predicted octanol–water partition coefficient (Wildman–Crippen LogP) is 3.25. The van der Waals surface area contributed by atoms with Gasteiger partial charge in [0, 0.05) is 5.75 Å². The highest BCUT2D eigenvalue weighted by atomic mass is 32.2. The van der Waals surface area contributed by atoms with Crippen molar-refractivity contribution in [2.75, 3.05) is 12.8 Å². The number of esters is 1. The van der Waals surface area contributed by atoms with Gasteiger partial charge in [-0.05, 0) is 24.6 Å². The Morgan fingerprint density at radius 1 is 1.55 bits per heavy atom. The summed E-state index contributed by atoms with van der Waals surface area (Å²) in [5.74, 6) is -0.663. The second kappa shape index (κ2) is 6.23. The Morgan fingerprint density at radius 3 is 2.85 bits per heavy atom. The summed E-state index contributed by atoms with van der Waals surface area (Å²) in [6.45, 7) is 1.89. The van der Waals surface area contributed by atoms with E-state index in [0.29, 0.717) is 10.9 Å². The Bertz CT molecular complexity index is 643. The van der Waals surface area contributed by atoms with Gasteiger partial charge in [-0.2, -0.15) is 0 Å². The van der Waals surface area contributed by atoms with Crippen LogP contribution >= 0.6 is 23.1 Å². The lowest BCUT2D eigenvalue weighted by Gasteiger charge is -2.04. The third kappa shape index (κ3) is 3.29. The molecule has 2 rings (SSSR count). The first-order chi connectivity index (χ1) is 9.51. The number of thiazole rings is 1. The maximum absolute atomic E-state index is 13.8. The average Bonchev–Trinajstić information content (AvgIpc) is 2.74. The first-order valence-electron chi connectivity index (χ1n) is 5.73. The number of anilines is 1. The number of carbonyl (C=O) groups is 1. The van der Waals surface area contributed by atoms with Crippen molar-refractivity contribution >= 4 is 34.2 Å². The Labute approximate surface area is 124 Å². The van der Waals surface area contributed by atoms with E-state index in [-0.39, 0.29) is 5.56 Å². The van der Waals surface area contributed by atoms with Crippen molar-refractivity contribution in [3.63, 3.8) is 0 Å². The van der Waals surface area contributed by atoms with Crippen molar-refractivity contribution in [3.05, 3.63) is 40.8 Å². The zero-order valence-electron chi connectivity index (χ0n) is 11.0. The van der Waals surface area contributed by atoms with Gasteiger partial charge in [0.2, 0.25) is 0 Å². The predicted molar refractivity (Wildman–Crippen MR) is 78.6 cm³/mol. The minimum absolute atomic E-state index is 0.0561. The molecule has 0 radical (unpaired) electrons.